The number of likely N-dealkylation sites (N-methyl/N-ethyl adjacent to an activating group) is 1. The van der Waals surface area contributed by atoms with Gasteiger partial charge in [0, 0.05) is 18.0 Å². The fourth-order valence-electron chi connectivity index (χ4n) is 1.90. The zero-order valence-corrected chi connectivity index (χ0v) is 13.1. The second-order valence-electron chi connectivity index (χ2n) is 4.87. The molecule has 0 saturated heterocycles. The molecule has 1 N–H and O–H groups in total. The molecule has 0 aliphatic rings. The summed E-state index contributed by atoms with van der Waals surface area (Å²) in [6.45, 7) is 6.10. The fourth-order valence-corrected chi connectivity index (χ4v) is 1.90. The number of hydrogen-bond donors (Lipinski definition) is 1. The van der Waals surface area contributed by atoms with Gasteiger partial charge in [0.05, 0.1) is 7.11 Å². The molecule has 6 nitrogen and oxygen atoms in total. The lowest BCUT2D eigenvalue weighted by Gasteiger charge is -2.09. The van der Waals surface area contributed by atoms with Crippen molar-refractivity contribution in [2.45, 2.75) is 19.4 Å². The number of methoxy groups -OCH3 is 1. The molecule has 2 aromatic rings. The highest BCUT2D eigenvalue weighted by Crippen LogP contribution is 2.32. The van der Waals surface area contributed by atoms with E-state index in [1.807, 2.05) is 25.2 Å². The minimum atomic E-state index is 0.287. The number of rotatable bonds is 8. The van der Waals surface area contributed by atoms with E-state index in [4.69, 9.17) is 14.0 Å². The van der Waals surface area contributed by atoms with Gasteiger partial charge in [0.2, 0.25) is 0 Å². The third-order valence-corrected chi connectivity index (χ3v) is 3.22. The van der Waals surface area contributed by atoms with Crippen molar-refractivity contribution >= 4 is 0 Å². The molecular weight excluding hydrogens is 282 g/mol. The first-order valence-corrected chi connectivity index (χ1v) is 7.10. The van der Waals surface area contributed by atoms with Gasteiger partial charge in [-0.1, -0.05) is 17.8 Å². The number of hydrogen-bond acceptors (Lipinski definition) is 6. The van der Waals surface area contributed by atoms with Crippen LogP contribution < -0.4 is 14.8 Å². The van der Waals surface area contributed by atoms with Crippen molar-refractivity contribution in [3.05, 3.63) is 36.7 Å². The average molecular weight is 303 g/mol. The van der Waals surface area contributed by atoms with E-state index < -0.39 is 0 Å². The van der Waals surface area contributed by atoms with Crippen molar-refractivity contribution in [3.8, 4) is 23.0 Å². The lowest BCUT2D eigenvalue weighted by Crippen LogP contribution is -2.24. The highest BCUT2D eigenvalue weighted by molar-refractivity contribution is 5.59. The summed E-state index contributed by atoms with van der Waals surface area (Å²) in [6, 6.07) is 5.78. The van der Waals surface area contributed by atoms with Gasteiger partial charge in [-0.3, -0.25) is 0 Å². The van der Waals surface area contributed by atoms with Crippen LogP contribution in [0.4, 0.5) is 0 Å². The molecule has 1 aromatic heterocycles. The lowest BCUT2D eigenvalue weighted by molar-refractivity contribution is 0.326. The van der Waals surface area contributed by atoms with Crippen LogP contribution in [0.25, 0.3) is 11.5 Å². The monoisotopic (exact) mass is 303 g/mol. The molecule has 0 aliphatic heterocycles. The third kappa shape index (κ3) is 3.85. The molecule has 6 heteroatoms. The van der Waals surface area contributed by atoms with Crippen LogP contribution in [0.2, 0.25) is 0 Å². The molecule has 118 valence electrons. The molecule has 1 unspecified atom stereocenters. The minimum Gasteiger partial charge on any atom is -0.493 e. The largest absolute Gasteiger partial charge is 0.493 e. The van der Waals surface area contributed by atoms with E-state index in [0.717, 1.165) is 5.56 Å². The molecule has 1 heterocycles. The summed E-state index contributed by atoms with van der Waals surface area (Å²) in [7, 11) is 3.49. The molecule has 1 atom stereocenters. The smallest absolute Gasteiger partial charge is 0.258 e. The van der Waals surface area contributed by atoms with Crippen LogP contribution in [-0.4, -0.2) is 36.9 Å². The highest BCUT2D eigenvalue weighted by Gasteiger charge is 2.13. The van der Waals surface area contributed by atoms with E-state index >= 15 is 0 Å². The number of nitrogens with one attached hydrogen (secondary N) is 1. The van der Waals surface area contributed by atoms with Crippen LogP contribution in [0.5, 0.6) is 11.5 Å². The maximum absolute atomic E-state index is 5.52. The van der Waals surface area contributed by atoms with Gasteiger partial charge >= 0.3 is 0 Å². The predicted molar refractivity (Wildman–Crippen MR) is 84.2 cm³/mol. The molecular formula is C16H21N3O3. The van der Waals surface area contributed by atoms with Crippen LogP contribution in [0.15, 0.2) is 35.4 Å². The molecule has 0 radical (unpaired) electrons. The zero-order chi connectivity index (χ0) is 15.9. The maximum atomic E-state index is 5.52. The Morgan fingerprint density at radius 1 is 1.41 bits per heavy atom. The lowest BCUT2D eigenvalue weighted by atomic mass is 10.2. The molecule has 0 saturated carbocycles. The van der Waals surface area contributed by atoms with Crippen LogP contribution in [0.1, 0.15) is 12.7 Å². The first kappa shape index (κ1) is 16.0. The van der Waals surface area contributed by atoms with Crippen molar-refractivity contribution < 1.29 is 14.0 Å². The zero-order valence-electron chi connectivity index (χ0n) is 13.1. The van der Waals surface area contributed by atoms with Crippen LogP contribution in [-0.2, 0) is 6.42 Å². The number of ether oxygens (including phenoxy) is 2. The Morgan fingerprint density at radius 3 is 2.91 bits per heavy atom. The van der Waals surface area contributed by atoms with Gasteiger partial charge in [-0.15, -0.1) is 0 Å². The summed E-state index contributed by atoms with van der Waals surface area (Å²) < 4.78 is 16.2. The topological polar surface area (TPSA) is 69.4 Å². The van der Waals surface area contributed by atoms with E-state index in [9.17, 15) is 0 Å². The predicted octanol–water partition coefficient (Wildman–Crippen LogP) is 2.46. The Balaban J connectivity index is 2.20. The van der Waals surface area contributed by atoms with Gasteiger partial charge in [0.1, 0.15) is 6.61 Å². The van der Waals surface area contributed by atoms with Gasteiger partial charge in [-0.2, -0.15) is 4.98 Å². The van der Waals surface area contributed by atoms with Crippen molar-refractivity contribution in [1.29, 1.82) is 0 Å². The van der Waals surface area contributed by atoms with E-state index in [1.165, 1.54) is 0 Å². The van der Waals surface area contributed by atoms with Crippen LogP contribution in [0.3, 0.4) is 0 Å². The van der Waals surface area contributed by atoms with Gasteiger partial charge in [-0.25, -0.2) is 0 Å². The second kappa shape index (κ2) is 7.61. The van der Waals surface area contributed by atoms with Gasteiger partial charge in [0.15, 0.2) is 17.3 Å². The number of nitrogens with zero attached hydrogens (tertiary/aromatic N) is 2. The first-order valence-electron chi connectivity index (χ1n) is 7.10. The average Bonchev–Trinajstić information content (AvgIpc) is 3.01. The molecule has 0 aliphatic carbocycles. The standard InChI is InChI=1S/C16H21N3O3/c1-5-8-21-13-7-6-12(10-14(13)20-4)16-18-15(19-22-16)9-11(2)17-3/h5-7,10-11,17H,1,8-9H2,2-4H3. The molecule has 0 spiro atoms. The number of benzene rings is 1. The molecule has 0 fully saturated rings. The molecule has 0 bridgehead atoms. The molecule has 22 heavy (non-hydrogen) atoms. The maximum Gasteiger partial charge on any atom is 0.258 e. The van der Waals surface area contributed by atoms with E-state index in [2.05, 4.69) is 29.0 Å². The normalized spacial score (nSPS) is 12.0. The minimum absolute atomic E-state index is 0.287. The van der Waals surface area contributed by atoms with Gasteiger partial charge in [-0.05, 0) is 32.2 Å². The Bertz CT molecular complexity index is 625. The van der Waals surface area contributed by atoms with Crippen LogP contribution in [0, 0.1) is 0 Å². The quantitative estimate of drug-likeness (QED) is 0.755. The fraction of sp³-hybridized carbons (Fsp3) is 0.375. The van der Waals surface area contributed by atoms with E-state index in [-0.39, 0.29) is 6.04 Å². The molecule has 2 rings (SSSR count). The van der Waals surface area contributed by atoms with Gasteiger partial charge < -0.3 is 19.3 Å². The van der Waals surface area contributed by atoms with Crippen molar-refractivity contribution in [3.63, 3.8) is 0 Å². The van der Waals surface area contributed by atoms with Gasteiger partial charge in [0.25, 0.3) is 5.89 Å². The summed E-state index contributed by atoms with van der Waals surface area (Å²) in [5, 5.41) is 7.14. The highest BCUT2D eigenvalue weighted by atomic mass is 16.5. The summed E-state index contributed by atoms with van der Waals surface area (Å²) in [5.41, 5.74) is 0.790. The Hall–Kier alpha value is -2.34. The Kier molecular flexibility index (Phi) is 5.55. The SMILES string of the molecule is C=CCOc1ccc(-c2nc(CC(C)NC)no2)cc1OC. The first-order chi connectivity index (χ1) is 10.7. The summed E-state index contributed by atoms with van der Waals surface area (Å²) in [6.07, 6.45) is 2.39. The summed E-state index contributed by atoms with van der Waals surface area (Å²) in [4.78, 5) is 4.41. The Morgan fingerprint density at radius 2 is 2.23 bits per heavy atom. The summed E-state index contributed by atoms with van der Waals surface area (Å²) in [5.74, 6) is 2.40. The molecule has 1 aromatic carbocycles. The second-order valence-corrected chi connectivity index (χ2v) is 4.87. The molecule has 0 amide bonds. The van der Waals surface area contributed by atoms with Crippen molar-refractivity contribution in [1.82, 2.24) is 15.5 Å². The van der Waals surface area contributed by atoms with E-state index in [0.29, 0.717) is 36.2 Å². The van der Waals surface area contributed by atoms with E-state index in [1.54, 1.807) is 13.2 Å². The summed E-state index contributed by atoms with van der Waals surface area (Å²) >= 11 is 0. The Labute approximate surface area is 130 Å². The van der Waals surface area contributed by atoms with Crippen LogP contribution >= 0.6 is 0 Å². The number of aromatic nitrogens is 2. The van der Waals surface area contributed by atoms with Crippen molar-refractivity contribution in [2.24, 2.45) is 0 Å². The third-order valence-electron chi connectivity index (χ3n) is 3.22. The van der Waals surface area contributed by atoms with Crippen molar-refractivity contribution in [2.75, 3.05) is 20.8 Å².